The molecule has 0 aliphatic heterocycles. The highest BCUT2D eigenvalue weighted by atomic mass is 16.1. The summed E-state index contributed by atoms with van der Waals surface area (Å²) in [4.78, 5) is 10.8. The molecule has 78 valence electrons. The Morgan fingerprint density at radius 3 is 2.21 bits per heavy atom. The van der Waals surface area contributed by atoms with Gasteiger partial charge in [-0.3, -0.25) is 4.79 Å². The SMILES string of the molecule is CCc1ccccc1C(N)=O.CNC. The lowest BCUT2D eigenvalue weighted by Gasteiger charge is -2.01. The van der Waals surface area contributed by atoms with Crippen LogP contribution in [0.3, 0.4) is 0 Å². The molecule has 1 aromatic carbocycles. The van der Waals surface area contributed by atoms with E-state index in [0.29, 0.717) is 5.56 Å². The van der Waals surface area contributed by atoms with Gasteiger partial charge in [-0.25, -0.2) is 0 Å². The highest BCUT2D eigenvalue weighted by Gasteiger charge is 2.03. The van der Waals surface area contributed by atoms with Gasteiger partial charge in [-0.15, -0.1) is 0 Å². The van der Waals surface area contributed by atoms with Crippen LogP contribution in [0.1, 0.15) is 22.8 Å². The lowest BCUT2D eigenvalue weighted by molar-refractivity contribution is 0.0999. The first-order chi connectivity index (χ1) is 6.67. The van der Waals surface area contributed by atoms with E-state index in [1.165, 1.54) is 0 Å². The van der Waals surface area contributed by atoms with E-state index in [1.807, 2.05) is 39.2 Å². The minimum Gasteiger partial charge on any atom is -0.366 e. The quantitative estimate of drug-likeness (QED) is 0.743. The molecule has 0 aromatic heterocycles. The molecule has 0 atom stereocenters. The molecule has 0 heterocycles. The third-order valence-corrected chi connectivity index (χ3v) is 1.66. The van der Waals surface area contributed by atoms with Crippen LogP contribution in [0.4, 0.5) is 0 Å². The van der Waals surface area contributed by atoms with Gasteiger partial charge in [0.25, 0.3) is 0 Å². The number of nitrogens with two attached hydrogens (primary N) is 1. The number of amides is 1. The van der Waals surface area contributed by atoms with Gasteiger partial charge in [0.2, 0.25) is 5.91 Å². The maximum absolute atomic E-state index is 10.8. The number of hydrogen-bond acceptors (Lipinski definition) is 2. The molecule has 0 saturated carbocycles. The molecule has 0 spiro atoms. The van der Waals surface area contributed by atoms with Crippen LogP contribution in [-0.2, 0) is 6.42 Å². The number of hydrogen-bond donors (Lipinski definition) is 2. The van der Waals surface area contributed by atoms with Crippen molar-refractivity contribution in [2.75, 3.05) is 14.1 Å². The largest absolute Gasteiger partial charge is 0.366 e. The second kappa shape index (κ2) is 7.09. The molecule has 1 amide bonds. The van der Waals surface area contributed by atoms with Crippen molar-refractivity contribution in [2.45, 2.75) is 13.3 Å². The first-order valence-corrected chi connectivity index (χ1v) is 4.63. The van der Waals surface area contributed by atoms with Gasteiger partial charge in [0.05, 0.1) is 0 Å². The van der Waals surface area contributed by atoms with Gasteiger partial charge in [-0.1, -0.05) is 25.1 Å². The van der Waals surface area contributed by atoms with Crippen molar-refractivity contribution in [1.29, 1.82) is 0 Å². The third-order valence-electron chi connectivity index (χ3n) is 1.66. The van der Waals surface area contributed by atoms with Crippen LogP contribution >= 0.6 is 0 Å². The fourth-order valence-corrected chi connectivity index (χ4v) is 1.07. The number of carbonyl (C=O) groups is 1. The highest BCUT2D eigenvalue weighted by Crippen LogP contribution is 2.07. The number of nitrogens with one attached hydrogen (secondary N) is 1. The van der Waals surface area contributed by atoms with Crippen LogP contribution in [0.2, 0.25) is 0 Å². The first-order valence-electron chi connectivity index (χ1n) is 4.63. The van der Waals surface area contributed by atoms with E-state index in [0.717, 1.165) is 12.0 Å². The van der Waals surface area contributed by atoms with E-state index in [-0.39, 0.29) is 5.91 Å². The van der Waals surface area contributed by atoms with Gasteiger partial charge in [0, 0.05) is 5.56 Å². The van der Waals surface area contributed by atoms with Crippen molar-refractivity contribution in [2.24, 2.45) is 5.73 Å². The van der Waals surface area contributed by atoms with Gasteiger partial charge in [0.1, 0.15) is 0 Å². The van der Waals surface area contributed by atoms with Gasteiger partial charge in [-0.2, -0.15) is 0 Å². The molecule has 1 aromatic rings. The number of benzene rings is 1. The summed E-state index contributed by atoms with van der Waals surface area (Å²) in [5.74, 6) is -0.345. The van der Waals surface area contributed by atoms with Crippen LogP contribution in [-0.4, -0.2) is 20.0 Å². The lowest BCUT2D eigenvalue weighted by Crippen LogP contribution is -2.13. The number of rotatable bonds is 2. The summed E-state index contributed by atoms with van der Waals surface area (Å²) in [5, 5.41) is 2.75. The fraction of sp³-hybridized carbons (Fsp3) is 0.364. The molecule has 0 aliphatic rings. The van der Waals surface area contributed by atoms with Gasteiger partial charge in [-0.05, 0) is 32.1 Å². The summed E-state index contributed by atoms with van der Waals surface area (Å²) >= 11 is 0. The third kappa shape index (κ3) is 4.05. The number of primary amides is 1. The van der Waals surface area contributed by atoms with E-state index in [2.05, 4.69) is 5.32 Å². The molecule has 0 unspecified atom stereocenters. The van der Waals surface area contributed by atoms with Gasteiger partial charge >= 0.3 is 0 Å². The average molecular weight is 194 g/mol. The van der Waals surface area contributed by atoms with E-state index >= 15 is 0 Å². The van der Waals surface area contributed by atoms with E-state index in [9.17, 15) is 4.79 Å². The Morgan fingerprint density at radius 1 is 1.36 bits per heavy atom. The molecular weight excluding hydrogens is 176 g/mol. The second-order valence-electron chi connectivity index (χ2n) is 2.87. The molecule has 0 saturated heterocycles. The molecule has 0 radical (unpaired) electrons. The fourth-order valence-electron chi connectivity index (χ4n) is 1.07. The zero-order chi connectivity index (χ0) is 11.0. The minimum absolute atomic E-state index is 0.345. The predicted octanol–water partition coefficient (Wildman–Crippen LogP) is 1.18. The van der Waals surface area contributed by atoms with Crippen LogP contribution in [0.25, 0.3) is 0 Å². The van der Waals surface area contributed by atoms with Crippen molar-refractivity contribution in [3.8, 4) is 0 Å². The highest BCUT2D eigenvalue weighted by molar-refractivity contribution is 5.94. The summed E-state index contributed by atoms with van der Waals surface area (Å²) in [7, 11) is 3.75. The van der Waals surface area contributed by atoms with E-state index < -0.39 is 0 Å². The molecular formula is C11H18N2O. The number of carbonyl (C=O) groups excluding carboxylic acids is 1. The Balaban J connectivity index is 0.000000500. The normalized spacial score (nSPS) is 8.79. The second-order valence-corrected chi connectivity index (χ2v) is 2.87. The van der Waals surface area contributed by atoms with Crippen molar-refractivity contribution in [3.63, 3.8) is 0 Å². The van der Waals surface area contributed by atoms with Gasteiger partial charge in [0.15, 0.2) is 0 Å². The van der Waals surface area contributed by atoms with Crippen molar-refractivity contribution >= 4 is 5.91 Å². The maximum Gasteiger partial charge on any atom is 0.248 e. The summed E-state index contributed by atoms with van der Waals surface area (Å²) in [6, 6.07) is 7.39. The summed E-state index contributed by atoms with van der Waals surface area (Å²) in [6.45, 7) is 2.00. The van der Waals surface area contributed by atoms with Crippen LogP contribution in [0, 0.1) is 0 Å². The Hall–Kier alpha value is -1.35. The lowest BCUT2D eigenvalue weighted by atomic mass is 10.1. The zero-order valence-corrected chi connectivity index (χ0v) is 9.00. The summed E-state index contributed by atoms with van der Waals surface area (Å²) < 4.78 is 0. The van der Waals surface area contributed by atoms with Crippen LogP contribution < -0.4 is 11.1 Å². The van der Waals surface area contributed by atoms with Gasteiger partial charge < -0.3 is 11.1 Å². The standard InChI is InChI=1S/C9H11NO.C2H7N/c1-2-7-5-3-4-6-8(7)9(10)11;1-3-2/h3-6H,2H2,1H3,(H2,10,11);3H,1-2H3. The van der Waals surface area contributed by atoms with Crippen molar-refractivity contribution < 1.29 is 4.79 Å². The Bertz CT molecular complexity index is 284. The number of aryl methyl sites for hydroxylation is 1. The molecule has 14 heavy (non-hydrogen) atoms. The van der Waals surface area contributed by atoms with Crippen molar-refractivity contribution in [1.82, 2.24) is 5.32 Å². The molecule has 3 nitrogen and oxygen atoms in total. The Labute approximate surface area is 85.3 Å². The molecule has 3 N–H and O–H groups in total. The molecule has 1 rings (SSSR count). The maximum atomic E-state index is 10.8. The summed E-state index contributed by atoms with van der Waals surface area (Å²) in [5.41, 5.74) is 6.80. The Morgan fingerprint density at radius 2 is 1.86 bits per heavy atom. The monoisotopic (exact) mass is 194 g/mol. The first kappa shape index (κ1) is 12.7. The predicted molar refractivity (Wildman–Crippen MR) is 59.3 cm³/mol. The van der Waals surface area contributed by atoms with E-state index in [4.69, 9.17) is 5.73 Å². The van der Waals surface area contributed by atoms with Crippen LogP contribution in [0.5, 0.6) is 0 Å². The molecule has 3 heteroatoms. The Kier molecular flexibility index (Phi) is 6.41. The smallest absolute Gasteiger partial charge is 0.248 e. The molecule has 0 bridgehead atoms. The minimum atomic E-state index is -0.345. The average Bonchev–Trinajstić information content (AvgIpc) is 2.19. The zero-order valence-electron chi connectivity index (χ0n) is 9.00. The van der Waals surface area contributed by atoms with Crippen molar-refractivity contribution in [3.05, 3.63) is 35.4 Å². The van der Waals surface area contributed by atoms with Crippen LogP contribution in [0.15, 0.2) is 24.3 Å². The summed E-state index contributed by atoms with van der Waals surface area (Å²) in [6.07, 6.45) is 0.846. The topological polar surface area (TPSA) is 55.1 Å². The molecule has 0 fully saturated rings. The van der Waals surface area contributed by atoms with E-state index in [1.54, 1.807) is 6.07 Å². The molecule has 0 aliphatic carbocycles.